The molecule has 1 unspecified atom stereocenters. The third-order valence-electron chi connectivity index (χ3n) is 3.21. The highest BCUT2D eigenvalue weighted by molar-refractivity contribution is 5.76. The van der Waals surface area contributed by atoms with E-state index in [-0.39, 0.29) is 18.6 Å². The van der Waals surface area contributed by atoms with Crippen LogP contribution in [0.25, 0.3) is 0 Å². The largest absolute Gasteiger partial charge is 0.375 e. The number of nitrogens with zero attached hydrogens (tertiary/aromatic N) is 4. The standard InChI is InChI=1S/C13H23N5O2/c1-3-4-14-7-12-9-18(16-15-12)10-13(19)17-5-6-20-11(2)8-17/h9,11,14H,3-8,10H2,1-2H3. The SMILES string of the molecule is CCCNCc1cn(CC(=O)N2CCOC(C)C2)nn1. The Bertz CT molecular complexity index is 434. The molecule has 1 aromatic rings. The van der Waals surface area contributed by atoms with Gasteiger partial charge < -0.3 is 15.0 Å². The summed E-state index contributed by atoms with van der Waals surface area (Å²) in [6, 6.07) is 0. The molecule has 1 aliphatic heterocycles. The lowest BCUT2D eigenvalue weighted by Crippen LogP contribution is -2.45. The first-order valence-corrected chi connectivity index (χ1v) is 7.18. The van der Waals surface area contributed by atoms with Gasteiger partial charge in [0.25, 0.3) is 0 Å². The van der Waals surface area contributed by atoms with Crippen molar-refractivity contribution in [3.05, 3.63) is 11.9 Å². The van der Waals surface area contributed by atoms with Gasteiger partial charge >= 0.3 is 0 Å². The van der Waals surface area contributed by atoms with Crippen LogP contribution in [0.4, 0.5) is 0 Å². The third kappa shape index (κ3) is 4.28. The van der Waals surface area contributed by atoms with Crippen molar-refractivity contribution in [2.24, 2.45) is 0 Å². The van der Waals surface area contributed by atoms with Crippen molar-refractivity contribution in [2.45, 2.75) is 39.5 Å². The second kappa shape index (κ2) is 7.35. The zero-order chi connectivity index (χ0) is 14.4. The van der Waals surface area contributed by atoms with Gasteiger partial charge in [-0.1, -0.05) is 12.1 Å². The molecule has 1 N–H and O–H groups in total. The Hall–Kier alpha value is -1.47. The molecule has 1 aromatic heterocycles. The Morgan fingerprint density at radius 2 is 2.45 bits per heavy atom. The van der Waals surface area contributed by atoms with E-state index >= 15 is 0 Å². The fourth-order valence-corrected chi connectivity index (χ4v) is 2.17. The Kier molecular flexibility index (Phi) is 5.49. The molecular formula is C13H23N5O2. The highest BCUT2D eigenvalue weighted by Gasteiger charge is 2.21. The number of carbonyl (C=O) groups is 1. The summed E-state index contributed by atoms with van der Waals surface area (Å²) in [7, 11) is 0. The van der Waals surface area contributed by atoms with Crippen LogP contribution in [0.3, 0.4) is 0 Å². The molecule has 112 valence electrons. The fourth-order valence-electron chi connectivity index (χ4n) is 2.17. The fraction of sp³-hybridized carbons (Fsp3) is 0.769. The Balaban J connectivity index is 1.81. The van der Waals surface area contributed by atoms with Crippen molar-refractivity contribution in [1.29, 1.82) is 0 Å². The van der Waals surface area contributed by atoms with Crippen LogP contribution in [0.1, 0.15) is 26.0 Å². The molecule has 1 atom stereocenters. The van der Waals surface area contributed by atoms with Crippen LogP contribution in [0.2, 0.25) is 0 Å². The van der Waals surface area contributed by atoms with Gasteiger partial charge in [0.2, 0.25) is 5.91 Å². The quantitative estimate of drug-likeness (QED) is 0.745. The van der Waals surface area contributed by atoms with E-state index in [1.807, 2.05) is 18.0 Å². The molecular weight excluding hydrogens is 258 g/mol. The van der Waals surface area contributed by atoms with E-state index in [0.717, 1.165) is 18.7 Å². The summed E-state index contributed by atoms with van der Waals surface area (Å²) in [5.41, 5.74) is 0.863. The topological polar surface area (TPSA) is 72.3 Å². The van der Waals surface area contributed by atoms with Gasteiger partial charge in [-0.15, -0.1) is 5.10 Å². The first kappa shape index (κ1) is 14.9. The molecule has 0 bridgehead atoms. The summed E-state index contributed by atoms with van der Waals surface area (Å²) in [6.07, 6.45) is 3.02. The Labute approximate surface area is 119 Å². The summed E-state index contributed by atoms with van der Waals surface area (Å²) in [4.78, 5) is 14.0. The van der Waals surface area contributed by atoms with E-state index in [9.17, 15) is 4.79 Å². The van der Waals surface area contributed by atoms with E-state index in [4.69, 9.17) is 4.74 Å². The number of amides is 1. The van der Waals surface area contributed by atoms with Gasteiger partial charge in [-0.05, 0) is 19.9 Å². The molecule has 0 radical (unpaired) electrons. The van der Waals surface area contributed by atoms with Crippen LogP contribution in [-0.4, -0.2) is 58.1 Å². The predicted molar refractivity (Wildman–Crippen MR) is 74.0 cm³/mol. The molecule has 20 heavy (non-hydrogen) atoms. The van der Waals surface area contributed by atoms with Gasteiger partial charge in [0.1, 0.15) is 6.54 Å². The van der Waals surface area contributed by atoms with Gasteiger partial charge in [0.15, 0.2) is 0 Å². The van der Waals surface area contributed by atoms with Gasteiger partial charge in [-0.3, -0.25) is 4.79 Å². The molecule has 1 amide bonds. The van der Waals surface area contributed by atoms with Gasteiger partial charge in [0.05, 0.1) is 24.6 Å². The minimum Gasteiger partial charge on any atom is -0.375 e. The zero-order valence-corrected chi connectivity index (χ0v) is 12.2. The molecule has 7 heteroatoms. The number of aromatic nitrogens is 3. The highest BCUT2D eigenvalue weighted by atomic mass is 16.5. The maximum Gasteiger partial charge on any atom is 0.244 e. The van der Waals surface area contributed by atoms with Crippen LogP contribution in [0.15, 0.2) is 6.20 Å². The average Bonchev–Trinajstić information content (AvgIpc) is 2.86. The predicted octanol–water partition coefficient (Wildman–Crippen LogP) is 0.0250. The van der Waals surface area contributed by atoms with Gasteiger partial charge in [-0.25, -0.2) is 4.68 Å². The van der Waals surface area contributed by atoms with Crippen molar-refractivity contribution in [3.8, 4) is 0 Å². The molecule has 0 spiro atoms. The highest BCUT2D eigenvalue weighted by Crippen LogP contribution is 2.05. The van der Waals surface area contributed by atoms with Crippen LogP contribution in [0.5, 0.6) is 0 Å². The number of hydrogen-bond acceptors (Lipinski definition) is 5. The van der Waals surface area contributed by atoms with Gasteiger partial charge in [-0.2, -0.15) is 0 Å². The van der Waals surface area contributed by atoms with E-state index in [1.165, 1.54) is 0 Å². The van der Waals surface area contributed by atoms with E-state index in [2.05, 4.69) is 22.6 Å². The maximum atomic E-state index is 12.1. The molecule has 7 nitrogen and oxygen atoms in total. The molecule has 0 saturated carbocycles. The van der Waals surface area contributed by atoms with Crippen molar-refractivity contribution in [3.63, 3.8) is 0 Å². The van der Waals surface area contributed by atoms with Crippen LogP contribution in [-0.2, 0) is 22.6 Å². The molecule has 1 fully saturated rings. The number of nitrogens with one attached hydrogen (secondary N) is 1. The summed E-state index contributed by atoms with van der Waals surface area (Å²) in [5.74, 6) is 0.0677. The minimum atomic E-state index is 0.0677. The number of ether oxygens (including phenoxy) is 1. The Morgan fingerprint density at radius 1 is 1.60 bits per heavy atom. The first-order chi connectivity index (χ1) is 9.69. The zero-order valence-electron chi connectivity index (χ0n) is 12.2. The monoisotopic (exact) mass is 281 g/mol. The molecule has 1 saturated heterocycles. The number of carbonyl (C=O) groups excluding carboxylic acids is 1. The lowest BCUT2D eigenvalue weighted by molar-refractivity contribution is -0.139. The van der Waals surface area contributed by atoms with Gasteiger partial charge in [0, 0.05) is 19.6 Å². The average molecular weight is 281 g/mol. The van der Waals surface area contributed by atoms with E-state index in [1.54, 1.807) is 4.68 Å². The van der Waals surface area contributed by atoms with Crippen LogP contribution in [0, 0.1) is 0 Å². The summed E-state index contributed by atoms with van der Waals surface area (Å²) in [5, 5.41) is 11.3. The summed E-state index contributed by atoms with van der Waals surface area (Å²) >= 11 is 0. The number of rotatable bonds is 6. The van der Waals surface area contributed by atoms with E-state index in [0.29, 0.717) is 26.2 Å². The van der Waals surface area contributed by atoms with Crippen molar-refractivity contribution in [2.75, 3.05) is 26.2 Å². The smallest absolute Gasteiger partial charge is 0.244 e. The van der Waals surface area contributed by atoms with E-state index < -0.39 is 0 Å². The molecule has 1 aliphatic rings. The second-order valence-corrected chi connectivity index (χ2v) is 5.11. The number of hydrogen-bond donors (Lipinski definition) is 1. The molecule has 0 aliphatic carbocycles. The van der Waals surface area contributed by atoms with Crippen molar-refractivity contribution < 1.29 is 9.53 Å². The third-order valence-corrected chi connectivity index (χ3v) is 3.21. The van der Waals surface area contributed by atoms with Crippen LogP contribution >= 0.6 is 0 Å². The number of morpholine rings is 1. The summed E-state index contributed by atoms with van der Waals surface area (Å²) < 4.78 is 7.03. The molecule has 0 aromatic carbocycles. The maximum absolute atomic E-state index is 12.1. The van der Waals surface area contributed by atoms with Crippen molar-refractivity contribution in [1.82, 2.24) is 25.2 Å². The summed E-state index contributed by atoms with van der Waals surface area (Å²) in [6.45, 7) is 7.90. The lowest BCUT2D eigenvalue weighted by atomic mass is 10.3. The minimum absolute atomic E-state index is 0.0677. The lowest BCUT2D eigenvalue weighted by Gasteiger charge is -2.31. The first-order valence-electron chi connectivity index (χ1n) is 7.18. The van der Waals surface area contributed by atoms with Crippen LogP contribution < -0.4 is 5.32 Å². The normalized spacial score (nSPS) is 19.3. The van der Waals surface area contributed by atoms with Crippen molar-refractivity contribution >= 4 is 5.91 Å². The molecule has 2 rings (SSSR count). The second-order valence-electron chi connectivity index (χ2n) is 5.11. The Morgan fingerprint density at radius 3 is 3.20 bits per heavy atom. The molecule has 2 heterocycles.